The lowest BCUT2D eigenvalue weighted by atomic mass is 10.2. The molecule has 1 aromatic carbocycles. The Bertz CT molecular complexity index is 524. The monoisotopic (exact) mass is 243 g/mol. The quantitative estimate of drug-likeness (QED) is 0.826. The van der Waals surface area contributed by atoms with Crippen molar-refractivity contribution in [3.63, 3.8) is 0 Å². The fourth-order valence-electron chi connectivity index (χ4n) is 2.30. The van der Waals surface area contributed by atoms with E-state index in [9.17, 15) is 4.79 Å². The van der Waals surface area contributed by atoms with Gasteiger partial charge in [0, 0.05) is 13.0 Å². The van der Waals surface area contributed by atoms with Crippen LogP contribution in [0.25, 0.3) is 0 Å². The Morgan fingerprint density at radius 3 is 2.89 bits per heavy atom. The maximum Gasteiger partial charge on any atom is 0.238 e. The summed E-state index contributed by atoms with van der Waals surface area (Å²) in [4.78, 5) is 13.7. The van der Waals surface area contributed by atoms with Crippen LogP contribution in [0.2, 0.25) is 0 Å². The molecule has 1 amide bonds. The number of likely N-dealkylation sites (tertiary alicyclic amines) is 1. The maximum absolute atomic E-state index is 11.9. The van der Waals surface area contributed by atoms with Gasteiger partial charge in [-0.15, -0.1) is 10.2 Å². The second-order valence-electron chi connectivity index (χ2n) is 4.34. The molecule has 1 unspecified atom stereocenters. The molecule has 92 valence electrons. The van der Waals surface area contributed by atoms with Gasteiger partial charge in [-0.25, -0.2) is 0 Å². The summed E-state index contributed by atoms with van der Waals surface area (Å²) in [5.41, 5.74) is 1.11. The molecule has 1 atom stereocenters. The lowest BCUT2D eigenvalue weighted by Crippen LogP contribution is -2.27. The van der Waals surface area contributed by atoms with Crippen molar-refractivity contribution < 1.29 is 9.21 Å². The lowest BCUT2D eigenvalue weighted by molar-refractivity contribution is -0.129. The van der Waals surface area contributed by atoms with E-state index in [1.165, 1.54) is 6.39 Å². The van der Waals surface area contributed by atoms with E-state index in [1.54, 1.807) is 0 Å². The number of carbonyl (C=O) groups excluding carboxylic acids is 1. The van der Waals surface area contributed by atoms with Crippen molar-refractivity contribution in [2.24, 2.45) is 0 Å². The van der Waals surface area contributed by atoms with E-state index in [4.69, 9.17) is 4.42 Å². The first-order chi connectivity index (χ1) is 8.84. The minimum atomic E-state index is -0.0831. The summed E-state index contributed by atoms with van der Waals surface area (Å²) in [7, 11) is 0. The van der Waals surface area contributed by atoms with E-state index in [0.29, 0.717) is 18.9 Å². The standard InChI is InChI=1S/C13H13N3O2/c17-12-7-6-11(13-15-14-9-18-13)16(12)8-10-4-2-1-3-5-10/h1-5,9,11H,6-8H2. The number of rotatable bonds is 3. The molecule has 0 radical (unpaired) electrons. The predicted octanol–water partition coefficient (Wildman–Crippen LogP) is 1.93. The summed E-state index contributed by atoms with van der Waals surface area (Å²) in [5, 5.41) is 7.59. The van der Waals surface area contributed by atoms with Crippen LogP contribution in [0.4, 0.5) is 0 Å². The Morgan fingerprint density at radius 1 is 1.33 bits per heavy atom. The molecule has 0 N–H and O–H groups in total. The van der Waals surface area contributed by atoms with Gasteiger partial charge in [0.15, 0.2) is 0 Å². The molecule has 3 rings (SSSR count). The van der Waals surface area contributed by atoms with Crippen LogP contribution in [0, 0.1) is 0 Å². The molecule has 1 aromatic heterocycles. The fraction of sp³-hybridized carbons (Fsp3) is 0.308. The van der Waals surface area contributed by atoms with Crippen molar-refractivity contribution in [2.75, 3.05) is 0 Å². The maximum atomic E-state index is 11.9. The molecule has 1 aliphatic rings. The number of nitrogens with zero attached hydrogens (tertiary/aromatic N) is 3. The van der Waals surface area contributed by atoms with Crippen LogP contribution in [0.3, 0.4) is 0 Å². The number of carbonyl (C=O) groups is 1. The van der Waals surface area contributed by atoms with E-state index in [1.807, 2.05) is 35.2 Å². The van der Waals surface area contributed by atoms with Crippen LogP contribution in [0.5, 0.6) is 0 Å². The highest BCUT2D eigenvalue weighted by atomic mass is 16.4. The summed E-state index contributed by atoms with van der Waals surface area (Å²) in [6.07, 6.45) is 2.59. The van der Waals surface area contributed by atoms with Gasteiger partial charge in [-0.1, -0.05) is 30.3 Å². The topological polar surface area (TPSA) is 59.2 Å². The lowest BCUT2D eigenvalue weighted by Gasteiger charge is -2.22. The molecular weight excluding hydrogens is 230 g/mol. The van der Waals surface area contributed by atoms with Crippen LogP contribution in [0.1, 0.15) is 30.3 Å². The molecule has 1 saturated heterocycles. The van der Waals surface area contributed by atoms with Crippen LogP contribution < -0.4 is 0 Å². The SMILES string of the molecule is O=C1CCC(c2nnco2)N1Cc1ccccc1. The zero-order chi connectivity index (χ0) is 12.4. The Kier molecular flexibility index (Phi) is 2.80. The first-order valence-electron chi connectivity index (χ1n) is 5.94. The van der Waals surface area contributed by atoms with Gasteiger partial charge in [-0.2, -0.15) is 0 Å². The van der Waals surface area contributed by atoms with Crippen molar-refractivity contribution in [1.29, 1.82) is 0 Å². The zero-order valence-corrected chi connectivity index (χ0v) is 9.82. The van der Waals surface area contributed by atoms with Gasteiger partial charge in [0.1, 0.15) is 6.04 Å². The first-order valence-corrected chi connectivity index (χ1v) is 5.94. The number of benzene rings is 1. The highest BCUT2D eigenvalue weighted by Crippen LogP contribution is 2.32. The normalized spacial score (nSPS) is 19.4. The van der Waals surface area contributed by atoms with Gasteiger partial charge in [0.25, 0.3) is 0 Å². The molecular formula is C13H13N3O2. The van der Waals surface area contributed by atoms with E-state index in [-0.39, 0.29) is 11.9 Å². The number of hydrogen-bond acceptors (Lipinski definition) is 4. The fourth-order valence-corrected chi connectivity index (χ4v) is 2.30. The molecule has 0 bridgehead atoms. The van der Waals surface area contributed by atoms with Crippen LogP contribution in [0.15, 0.2) is 41.1 Å². The molecule has 0 saturated carbocycles. The molecule has 1 aliphatic heterocycles. The Hall–Kier alpha value is -2.17. The molecule has 5 nitrogen and oxygen atoms in total. The predicted molar refractivity (Wildman–Crippen MR) is 63.3 cm³/mol. The average molecular weight is 243 g/mol. The molecule has 0 aliphatic carbocycles. The first kappa shape index (κ1) is 11.0. The second kappa shape index (κ2) is 4.60. The Labute approximate surface area is 104 Å². The molecule has 0 spiro atoms. The van der Waals surface area contributed by atoms with Gasteiger partial charge in [0.2, 0.25) is 18.2 Å². The second-order valence-corrected chi connectivity index (χ2v) is 4.34. The Balaban J connectivity index is 1.82. The van der Waals surface area contributed by atoms with Gasteiger partial charge >= 0.3 is 0 Å². The zero-order valence-electron chi connectivity index (χ0n) is 9.82. The minimum Gasteiger partial charge on any atom is -0.426 e. The van der Waals surface area contributed by atoms with Gasteiger partial charge in [0.05, 0.1) is 0 Å². The molecule has 2 heterocycles. The smallest absolute Gasteiger partial charge is 0.238 e. The van der Waals surface area contributed by atoms with E-state index >= 15 is 0 Å². The molecule has 1 fully saturated rings. The summed E-state index contributed by atoms with van der Waals surface area (Å²) in [6.45, 7) is 0.590. The van der Waals surface area contributed by atoms with Gasteiger partial charge in [-0.05, 0) is 12.0 Å². The van der Waals surface area contributed by atoms with E-state index in [2.05, 4.69) is 10.2 Å². The van der Waals surface area contributed by atoms with Crippen molar-refractivity contribution in [3.8, 4) is 0 Å². The molecule has 2 aromatic rings. The summed E-state index contributed by atoms with van der Waals surface area (Å²) in [5.74, 6) is 0.666. The average Bonchev–Trinajstić information content (AvgIpc) is 3.02. The summed E-state index contributed by atoms with van der Waals surface area (Å²) < 4.78 is 5.22. The van der Waals surface area contributed by atoms with Crippen LogP contribution >= 0.6 is 0 Å². The Morgan fingerprint density at radius 2 is 2.17 bits per heavy atom. The van der Waals surface area contributed by atoms with Gasteiger partial charge in [-0.3, -0.25) is 4.79 Å². The number of aromatic nitrogens is 2. The van der Waals surface area contributed by atoms with Crippen molar-refractivity contribution in [3.05, 3.63) is 48.2 Å². The summed E-state index contributed by atoms with van der Waals surface area (Å²) in [6, 6.07) is 9.84. The van der Waals surface area contributed by atoms with Crippen molar-refractivity contribution in [1.82, 2.24) is 15.1 Å². The van der Waals surface area contributed by atoms with Crippen molar-refractivity contribution >= 4 is 5.91 Å². The summed E-state index contributed by atoms with van der Waals surface area (Å²) >= 11 is 0. The third-order valence-corrected chi connectivity index (χ3v) is 3.19. The van der Waals surface area contributed by atoms with Crippen molar-refractivity contribution in [2.45, 2.75) is 25.4 Å². The minimum absolute atomic E-state index is 0.0831. The van der Waals surface area contributed by atoms with Crippen LogP contribution in [-0.4, -0.2) is 21.0 Å². The van der Waals surface area contributed by atoms with Gasteiger partial charge < -0.3 is 9.32 Å². The van der Waals surface area contributed by atoms with E-state index in [0.717, 1.165) is 12.0 Å². The largest absolute Gasteiger partial charge is 0.426 e. The third-order valence-electron chi connectivity index (χ3n) is 3.19. The molecule has 5 heteroatoms. The number of amides is 1. The van der Waals surface area contributed by atoms with Crippen LogP contribution in [-0.2, 0) is 11.3 Å². The third kappa shape index (κ3) is 1.99. The molecule has 18 heavy (non-hydrogen) atoms. The highest BCUT2D eigenvalue weighted by Gasteiger charge is 2.35. The number of hydrogen-bond donors (Lipinski definition) is 0. The highest BCUT2D eigenvalue weighted by molar-refractivity contribution is 5.78. The van der Waals surface area contributed by atoms with E-state index < -0.39 is 0 Å².